The predicted molar refractivity (Wildman–Crippen MR) is 73.2 cm³/mol. The fourth-order valence-corrected chi connectivity index (χ4v) is 2.33. The van der Waals surface area contributed by atoms with Gasteiger partial charge in [-0.1, -0.05) is 12.2 Å². The zero-order chi connectivity index (χ0) is 13.4. The van der Waals surface area contributed by atoms with Gasteiger partial charge < -0.3 is 10.0 Å². The summed E-state index contributed by atoms with van der Waals surface area (Å²) < 4.78 is 0. The van der Waals surface area contributed by atoms with Crippen molar-refractivity contribution >= 4 is 5.91 Å². The number of amides is 1. The second-order valence-electron chi connectivity index (χ2n) is 4.80. The van der Waals surface area contributed by atoms with Crippen LogP contribution in [0.2, 0.25) is 0 Å². The van der Waals surface area contributed by atoms with Gasteiger partial charge in [0.15, 0.2) is 0 Å². The first-order chi connectivity index (χ1) is 8.71. The molecule has 0 saturated carbocycles. The number of hydrogen-bond acceptors (Lipinski definition) is 3. The molecule has 1 fully saturated rings. The van der Waals surface area contributed by atoms with Crippen molar-refractivity contribution in [2.24, 2.45) is 5.92 Å². The Morgan fingerprint density at radius 1 is 1.39 bits per heavy atom. The summed E-state index contributed by atoms with van der Waals surface area (Å²) in [4.78, 5) is 16.0. The lowest BCUT2D eigenvalue weighted by atomic mass is 9.99. The summed E-state index contributed by atoms with van der Waals surface area (Å²) in [6.07, 6.45) is 5.58. The highest BCUT2D eigenvalue weighted by Gasteiger charge is 2.22. The number of carbonyl (C=O) groups excluding carboxylic acids is 1. The quantitative estimate of drug-likeness (QED) is 0.684. The van der Waals surface area contributed by atoms with E-state index in [1.165, 1.54) is 0 Å². The highest BCUT2D eigenvalue weighted by atomic mass is 16.3. The van der Waals surface area contributed by atoms with Gasteiger partial charge in [0.05, 0.1) is 6.54 Å². The van der Waals surface area contributed by atoms with E-state index in [9.17, 15) is 9.90 Å². The number of carbonyl (C=O) groups is 1. The maximum Gasteiger partial charge on any atom is 0.237 e. The monoisotopic (exact) mass is 252 g/mol. The molecule has 4 heteroatoms. The molecule has 1 heterocycles. The van der Waals surface area contributed by atoms with Crippen molar-refractivity contribution in [2.75, 3.05) is 39.3 Å². The van der Waals surface area contributed by atoms with Gasteiger partial charge in [0.1, 0.15) is 0 Å². The Labute approximate surface area is 110 Å². The lowest BCUT2D eigenvalue weighted by molar-refractivity contribution is -0.131. The normalized spacial score (nSPS) is 20.4. The molecular formula is C14H24N2O2. The highest BCUT2D eigenvalue weighted by molar-refractivity contribution is 5.78. The van der Waals surface area contributed by atoms with Crippen LogP contribution in [-0.2, 0) is 4.79 Å². The number of hydrogen-bond donors (Lipinski definition) is 1. The average Bonchev–Trinajstić information content (AvgIpc) is 2.38. The predicted octanol–water partition coefficient (Wildman–Crippen LogP) is 0.891. The molecule has 0 aromatic carbocycles. The number of rotatable bonds is 7. The van der Waals surface area contributed by atoms with E-state index in [1.807, 2.05) is 0 Å². The van der Waals surface area contributed by atoms with E-state index in [4.69, 9.17) is 0 Å². The van der Waals surface area contributed by atoms with Crippen LogP contribution in [0.1, 0.15) is 12.8 Å². The molecule has 0 spiro atoms. The lowest BCUT2D eigenvalue weighted by Gasteiger charge is -2.32. The molecule has 0 unspecified atom stereocenters. The van der Waals surface area contributed by atoms with Gasteiger partial charge in [-0.05, 0) is 25.3 Å². The molecule has 0 aliphatic carbocycles. The third kappa shape index (κ3) is 4.63. The zero-order valence-corrected chi connectivity index (χ0v) is 11.1. The Hall–Kier alpha value is -1.13. The van der Waals surface area contributed by atoms with Gasteiger partial charge in [-0.25, -0.2) is 0 Å². The fraction of sp³-hybridized carbons (Fsp3) is 0.643. The highest BCUT2D eigenvalue weighted by Crippen LogP contribution is 2.15. The summed E-state index contributed by atoms with van der Waals surface area (Å²) in [5.41, 5.74) is 0. The molecule has 102 valence electrons. The van der Waals surface area contributed by atoms with Crippen LogP contribution in [-0.4, -0.2) is 60.1 Å². The maximum absolute atomic E-state index is 12.1. The van der Waals surface area contributed by atoms with Crippen LogP contribution in [0.3, 0.4) is 0 Å². The van der Waals surface area contributed by atoms with Crippen molar-refractivity contribution in [3.8, 4) is 0 Å². The van der Waals surface area contributed by atoms with E-state index in [0.29, 0.717) is 25.6 Å². The Morgan fingerprint density at radius 2 is 2.06 bits per heavy atom. The molecule has 0 radical (unpaired) electrons. The van der Waals surface area contributed by atoms with E-state index in [1.54, 1.807) is 17.1 Å². The summed E-state index contributed by atoms with van der Waals surface area (Å²) >= 11 is 0. The van der Waals surface area contributed by atoms with Gasteiger partial charge in [-0.3, -0.25) is 9.69 Å². The first kappa shape index (κ1) is 14.9. The summed E-state index contributed by atoms with van der Waals surface area (Å²) in [5.74, 6) is 0.423. The Kier molecular flexibility index (Phi) is 6.68. The molecule has 1 saturated heterocycles. The summed E-state index contributed by atoms with van der Waals surface area (Å²) in [6.45, 7) is 10.8. The molecule has 1 N–H and O–H groups in total. The minimum atomic E-state index is 0.105. The van der Waals surface area contributed by atoms with Gasteiger partial charge in [-0.15, -0.1) is 13.2 Å². The summed E-state index contributed by atoms with van der Waals surface area (Å²) in [7, 11) is 0. The van der Waals surface area contributed by atoms with Gasteiger partial charge in [-0.2, -0.15) is 0 Å². The molecular weight excluding hydrogens is 228 g/mol. The maximum atomic E-state index is 12.1. The van der Waals surface area contributed by atoms with Crippen LogP contribution in [0.4, 0.5) is 0 Å². The minimum absolute atomic E-state index is 0.105. The van der Waals surface area contributed by atoms with Crippen molar-refractivity contribution in [1.29, 1.82) is 0 Å². The molecule has 1 aliphatic rings. The van der Waals surface area contributed by atoms with Crippen LogP contribution in [0.5, 0.6) is 0 Å². The number of piperidine rings is 1. The van der Waals surface area contributed by atoms with Crippen molar-refractivity contribution in [2.45, 2.75) is 12.8 Å². The number of nitrogens with zero attached hydrogens (tertiary/aromatic N) is 2. The SMILES string of the molecule is C=CCN(CC=C)C(=O)CN1CCC[C@H](CO)C1. The second-order valence-corrected chi connectivity index (χ2v) is 4.80. The number of aliphatic hydroxyl groups excluding tert-OH is 1. The molecule has 1 amide bonds. The van der Waals surface area contributed by atoms with Gasteiger partial charge in [0.2, 0.25) is 5.91 Å². The Bertz CT molecular complexity index is 282. The van der Waals surface area contributed by atoms with Gasteiger partial charge >= 0.3 is 0 Å². The molecule has 0 aromatic heterocycles. The Balaban J connectivity index is 2.45. The number of likely N-dealkylation sites (tertiary alicyclic amines) is 1. The van der Waals surface area contributed by atoms with Crippen LogP contribution in [0.25, 0.3) is 0 Å². The molecule has 4 nitrogen and oxygen atoms in total. The fourth-order valence-electron chi connectivity index (χ4n) is 2.33. The van der Waals surface area contributed by atoms with E-state index >= 15 is 0 Å². The van der Waals surface area contributed by atoms with Crippen LogP contribution in [0, 0.1) is 5.92 Å². The standard InChI is InChI=1S/C14H24N2O2/c1-3-7-16(8-4-2)14(18)11-15-9-5-6-13(10-15)12-17/h3-4,13,17H,1-2,5-12H2/t13-/m0/s1. The Morgan fingerprint density at radius 3 is 2.61 bits per heavy atom. The molecule has 18 heavy (non-hydrogen) atoms. The van der Waals surface area contributed by atoms with Crippen LogP contribution in [0.15, 0.2) is 25.3 Å². The van der Waals surface area contributed by atoms with E-state index < -0.39 is 0 Å². The first-order valence-electron chi connectivity index (χ1n) is 6.54. The van der Waals surface area contributed by atoms with Crippen molar-refractivity contribution in [3.63, 3.8) is 0 Å². The first-order valence-corrected chi connectivity index (χ1v) is 6.54. The van der Waals surface area contributed by atoms with Crippen molar-refractivity contribution in [3.05, 3.63) is 25.3 Å². The van der Waals surface area contributed by atoms with Gasteiger partial charge in [0, 0.05) is 26.2 Å². The van der Waals surface area contributed by atoms with Crippen molar-refractivity contribution in [1.82, 2.24) is 9.80 Å². The smallest absolute Gasteiger partial charge is 0.237 e. The van der Waals surface area contributed by atoms with Crippen molar-refractivity contribution < 1.29 is 9.90 Å². The third-order valence-electron chi connectivity index (χ3n) is 3.27. The molecule has 1 aliphatic heterocycles. The number of aliphatic hydroxyl groups is 1. The third-order valence-corrected chi connectivity index (χ3v) is 3.27. The molecule has 0 bridgehead atoms. The second kappa shape index (κ2) is 8.06. The summed E-state index contributed by atoms with van der Waals surface area (Å²) in [5, 5.41) is 9.17. The molecule has 1 rings (SSSR count). The topological polar surface area (TPSA) is 43.8 Å². The largest absolute Gasteiger partial charge is 0.396 e. The zero-order valence-electron chi connectivity index (χ0n) is 11.1. The van der Waals surface area contributed by atoms with E-state index in [0.717, 1.165) is 25.9 Å². The molecule has 0 aromatic rings. The lowest BCUT2D eigenvalue weighted by Crippen LogP contribution is -2.44. The minimum Gasteiger partial charge on any atom is -0.396 e. The average molecular weight is 252 g/mol. The summed E-state index contributed by atoms with van der Waals surface area (Å²) in [6, 6.07) is 0. The molecule has 1 atom stereocenters. The van der Waals surface area contributed by atoms with Gasteiger partial charge in [0.25, 0.3) is 0 Å². The van der Waals surface area contributed by atoms with Crippen LogP contribution >= 0.6 is 0 Å². The van der Waals surface area contributed by atoms with E-state index in [-0.39, 0.29) is 12.5 Å². The van der Waals surface area contributed by atoms with Crippen LogP contribution < -0.4 is 0 Å². The van der Waals surface area contributed by atoms with E-state index in [2.05, 4.69) is 18.1 Å².